The number of nitrogens with zero attached hydrogens (tertiary/aromatic N) is 2. The van der Waals surface area contributed by atoms with E-state index in [0.717, 1.165) is 36.4 Å². The van der Waals surface area contributed by atoms with Crippen molar-refractivity contribution in [1.29, 1.82) is 0 Å². The summed E-state index contributed by atoms with van der Waals surface area (Å²) < 4.78 is 75.3. The van der Waals surface area contributed by atoms with Crippen LogP contribution in [0.3, 0.4) is 0 Å². The molecule has 0 aliphatic heterocycles. The molecule has 0 aliphatic rings. The van der Waals surface area contributed by atoms with Crippen molar-refractivity contribution in [3.8, 4) is 0 Å². The lowest BCUT2D eigenvalue weighted by atomic mass is 10.2. The summed E-state index contributed by atoms with van der Waals surface area (Å²) in [7, 11) is -9.56. The molecule has 0 heterocycles. The van der Waals surface area contributed by atoms with Crippen LogP contribution in [0.25, 0.3) is 5.53 Å². The third-order valence-electron chi connectivity index (χ3n) is 3.39. The number of aryl methyl sites for hydroxylation is 2. The minimum atomic E-state index is -4.78. The van der Waals surface area contributed by atoms with Gasteiger partial charge in [0, 0.05) is 0 Å². The molecular formula is C15H12F2N2O4S2. The molecule has 6 nitrogen and oxygen atoms in total. The van der Waals surface area contributed by atoms with E-state index >= 15 is 0 Å². The van der Waals surface area contributed by atoms with Gasteiger partial charge in [-0.15, -0.1) is 4.79 Å². The average molecular weight is 386 g/mol. The molecule has 2 rings (SSSR count). The van der Waals surface area contributed by atoms with Gasteiger partial charge in [-0.2, -0.15) is 0 Å². The Morgan fingerprint density at radius 3 is 1.48 bits per heavy atom. The van der Waals surface area contributed by atoms with Crippen LogP contribution in [0.4, 0.5) is 8.78 Å². The molecule has 0 radical (unpaired) electrons. The highest BCUT2D eigenvalue weighted by Gasteiger charge is 2.45. The monoisotopic (exact) mass is 386 g/mol. The maximum atomic E-state index is 13.2. The lowest BCUT2D eigenvalue weighted by Crippen LogP contribution is -2.27. The Labute approximate surface area is 143 Å². The van der Waals surface area contributed by atoms with Crippen molar-refractivity contribution in [2.24, 2.45) is 0 Å². The highest BCUT2D eigenvalue weighted by molar-refractivity contribution is 8.31. The third kappa shape index (κ3) is 3.37. The summed E-state index contributed by atoms with van der Waals surface area (Å²) >= 11 is 0. The van der Waals surface area contributed by atoms with Gasteiger partial charge in [0.1, 0.15) is 11.6 Å². The van der Waals surface area contributed by atoms with Gasteiger partial charge in [-0.25, -0.2) is 25.6 Å². The third-order valence-corrected chi connectivity index (χ3v) is 7.87. The van der Waals surface area contributed by atoms with Gasteiger partial charge in [0.05, 0.1) is 9.79 Å². The summed E-state index contributed by atoms with van der Waals surface area (Å²) in [6.07, 6.45) is 0. The van der Waals surface area contributed by atoms with Crippen molar-refractivity contribution in [1.82, 2.24) is 0 Å². The summed E-state index contributed by atoms with van der Waals surface area (Å²) in [6.45, 7) is 2.53. The maximum absolute atomic E-state index is 13.2. The van der Waals surface area contributed by atoms with Gasteiger partial charge in [-0.1, -0.05) is 0 Å². The molecule has 2 aromatic rings. The van der Waals surface area contributed by atoms with E-state index in [1.54, 1.807) is 0 Å². The molecule has 2 aromatic carbocycles. The van der Waals surface area contributed by atoms with Gasteiger partial charge in [0.2, 0.25) is 0 Å². The highest BCUT2D eigenvalue weighted by atomic mass is 32.3. The first-order valence-corrected chi connectivity index (χ1v) is 9.73. The average Bonchev–Trinajstić information content (AvgIpc) is 2.46. The van der Waals surface area contributed by atoms with E-state index in [1.807, 2.05) is 0 Å². The molecule has 25 heavy (non-hydrogen) atoms. The van der Waals surface area contributed by atoms with E-state index in [1.165, 1.54) is 13.8 Å². The Hall–Kier alpha value is -2.42. The van der Waals surface area contributed by atoms with Crippen LogP contribution in [-0.2, 0) is 19.7 Å². The fraction of sp³-hybridized carbons (Fsp3) is 0.133. The summed E-state index contributed by atoms with van der Waals surface area (Å²) in [6, 6.07) is 5.22. The molecule has 0 N–H and O–H groups in total. The zero-order valence-electron chi connectivity index (χ0n) is 13.1. The molecule has 0 fully saturated rings. The van der Waals surface area contributed by atoms with Crippen LogP contribution in [0.15, 0.2) is 46.2 Å². The van der Waals surface area contributed by atoms with Gasteiger partial charge < -0.3 is 5.53 Å². The van der Waals surface area contributed by atoms with Gasteiger partial charge in [-0.3, -0.25) is 0 Å². The van der Waals surface area contributed by atoms with E-state index in [4.69, 9.17) is 5.53 Å². The van der Waals surface area contributed by atoms with Gasteiger partial charge in [0.15, 0.2) is 0 Å². The smallest absolute Gasteiger partial charge is 0.359 e. The molecule has 0 unspecified atom stereocenters. The van der Waals surface area contributed by atoms with Crippen molar-refractivity contribution in [3.05, 3.63) is 64.7 Å². The van der Waals surface area contributed by atoms with Crippen LogP contribution in [0.2, 0.25) is 0 Å². The van der Waals surface area contributed by atoms with E-state index < -0.39 is 45.5 Å². The van der Waals surface area contributed by atoms with Crippen LogP contribution >= 0.6 is 0 Å². The predicted molar refractivity (Wildman–Crippen MR) is 85.3 cm³/mol. The molecule has 0 aromatic heterocycles. The second kappa shape index (κ2) is 6.47. The fourth-order valence-corrected chi connectivity index (χ4v) is 6.01. The molecule has 0 saturated heterocycles. The standard InChI is InChI=1S/C15H12F2N2O4S2/c1-9-7-11(16)3-5-13(9)24(20,21)15(19-18)25(22,23)14-6-4-12(17)8-10(14)2/h3-8H,1-2H3. The molecule has 0 saturated carbocycles. The summed E-state index contributed by atoms with van der Waals surface area (Å²) in [4.78, 5) is 1.42. The summed E-state index contributed by atoms with van der Waals surface area (Å²) in [5.41, 5.74) is 8.97. The first-order valence-electron chi connectivity index (χ1n) is 6.76. The van der Waals surface area contributed by atoms with Crippen LogP contribution in [0.5, 0.6) is 0 Å². The highest BCUT2D eigenvalue weighted by Crippen LogP contribution is 2.25. The number of sulfone groups is 2. The summed E-state index contributed by atoms with van der Waals surface area (Å²) in [5.74, 6) is -1.42. The predicted octanol–water partition coefficient (Wildman–Crippen LogP) is 2.42. The van der Waals surface area contributed by atoms with Crippen LogP contribution in [0, 0.1) is 25.5 Å². The Bertz CT molecular complexity index is 1040. The molecular weight excluding hydrogens is 374 g/mol. The molecule has 0 bridgehead atoms. The first-order chi connectivity index (χ1) is 11.5. The van der Waals surface area contributed by atoms with E-state index in [2.05, 4.69) is 4.79 Å². The number of benzene rings is 2. The lowest BCUT2D eigenvalue weighted by Gasteiger charge is -2.07. The normalized spacial score (nSPS) is 11.8. The van der Waals surface area contributed by atoms with Crippen molar-refractivity contribution in [2.75, 3.05) is 0 Å². The zero-order chi connectivity index (χ0) is 19.0. The Balaban J connectivity index is 2.72. The van der Waals surface area contributed by atoms with E-state index in [9.17, 15) is 25.6 Å². The Kier molecular flexibility index (Phi) is 4.90. The van der Waals surface area contributed by atoms with Gasteiger partial charge in [0.25, 0.3) is 19.7 Å². The number of halogens is 2. The van der Waals surface area contributed by atoms with Crippen LogP contribution < -0.4 is 0 Å². The molecule has 10 heteroatoms. The summed E-state index contributed by atoms with van der Waals surface area (Å²) in [5, 5.41) is 0. The fourth-order valence-electron chi connectivity index (χ4n) is 2.27. The lowest BCUT2D eigenvalue weighted by molar-refractivity contribution is 0.00379. The minimum absolute atomic E-state index is 0.0628. The second-order valence-electron chi connectivity index (χ2n) is 5.19. The number of hydrogen-bond donors (Lipinski definition) is 0. The quantitative estimate of drug-likeness (QED) is 0.260. The Morgan fingerprint density at radius 2 is 1.20 bits per heavy atom. The van der Waals surface area contributed by atoms with Crippen molar-refractivity contribution in [3.63, 3.8) is 0 Å². The molecule has 0 spiro atoms. The van der Waals surface area contributed by atoms with E-state index in [-0.39, 0.29) is 11.1 Å². The Morgan fingerprint density at radius 1 is 0.840 bits per heavy atom. The zero-order valence-corrected chi connectivity index (χ0v) is 14.7. The van der Waals surface area contributed by atoms with Crippen LogP contribution in [0.1, 0.15) is 11.1 Å². The molecule has 132 valence electrons. The minimum Gasteiger partial charge on any atom is -0.359 e. The van der Waals surface area contributed by atoms with Crippen molar-refractivity contribution in [2.45, 2.75) is 23.6 Å². The topological polar surface area (TPSA) is 105 Å². The molecule has 0 aliphatic carbocycles. The van der Waals surface area contributed by atoms with Crippen molar-refractivity contribution >= 4 is 24.1 Å². The maximum Gasteiger partial charge on any atom is 0.504 e. The molecule has 0 atom stereocenters. The largest absolute Gasteiger partial charge is 0.504 e. The van der Waals surface area contributed by atoms with Gasteiger partial charge >= 0.3 is 4.38 Å². The first kappa shape index (κ1) is 18.9. The molecule has 0 amide bonds. The number of rotatable bonds is 2. The van der Waals surface area contributed by atoms with Gasteiger partial charge in [-0.05, 0) is 61.4 Å². The van der Waals surface area contributed by atoms with Crippen molar-refractivity contribution < 1.29 is 30.4 Å². The van der Waals surface area contributed by atoms with Crippen LogP contribution in [-0.4, -0.2) is 26.0 Å². The SMILES string of the molecule is Cc1cc(F)ccc1S(=O)(=O)C(=[N+]=[N-])S(=O)(=O)c1ccc(F)cc1C. The second-order valence-corrected chi connectivity index (χ2v) is 9.12. The van der Waals surface area contributed by atoms with E-state index in [0.29, 0.717) is 0 Å². The number of hydrogen-bond acceptors (Lipinski definition) is 4.